The molecule has 1 rings (SSSR count). The Labute approximate surface area is 70.9 Å². The molecule has 0 saturated carbocycles. The van der Waals surface area contributed by atoms with Crippen LogP contribution in [0.15, 0.2) is 11.6 Å². The number of hydrogen-bond donors (Lipinski definition) is 1. The molecule has 1 aliphatic rings. The molecule has 0 unspecified atom stereocenters. The summed E-state index contributed by atoms with van der Waals surface area (Å²) in [5.41, 5.74) is 1.68. The molecular formula is C10H21N. The first-order valence-electron chi connectivity index (χ1n) is 4.61. The molecule has 0 aromatic carbocycles. The van der Waals surface area contributed by atoms with Gasteiger partial charge in [-0.25, -0.2) is 0 Å². The molecule has 0 bridgehead atoms. The lowest BCUT2D eigenvalue weighted by Crippen LogP contribution is -1.89. The molecule has 1 N–H and O–H groups in total. The van der Waals surface area contributed by atoms with E-state index in [2.05, 4.69) is 18.3 Å². The topological polar surface area (TPSA) is 12.0 Å². The number of rotatable bonds is 1. The second kappa shape index (κ2) is 7.80. The summed E-state index contributed by atoms with van der Waals surface area (Å²) < 4.78 is 0. The van der Waals surface area contributed by atoms with E-state index in [0.29, 0.717) is 0 Å². The van der Waals surface area contributed by atoms with E-state index in [1.54, 1.807) is 5.57 Å². The fourth-order valence-corrected chi connectivity index (χ4v) is 1.23. The SMILES string of the molecule is CCC1=CCCCC1.CNC. The van der Waals surface area contributed by atoms with Crippen LogP contribution in [0.4, 0.5) is 0 Å². The molecule has 66 valence electrons. The summed E-state index contributed by atoms with van der Waals surface area (Å²) in [7, 11) is 3.75. The maximum Gasteiger partial charge on any atom is -0.0167 e. The Morgan fingerprint density at radius 1 is 1.36 bits per heavy atom. The molecule has 0 aromatic heterocycles. The van der Waals surface area contributed by atoms with Gasteiger partial charge in [-0.2, -0.15) is 0 Å². The summed E-state index contributed by atoms with van der Waals surface area (Å²) in [6.45, 7) is 2.25. The zero-order valence-electron chi connectivity index (χ0n) is 8.11. The van der Waals surface area contributed by atoms with E-state index in [0.717, 1.165) is 0 Å². The number of hydrogen-bond acceptors (Lipinski definition) is 1. The highest BCUT2D eigenvalue weighted by Gasteiger charge is 1.98. The van der Waals surface area contributed by atoms with Crippen LogP contribution in [0.3, 0.4) is 0 Å². The Kier molecular flexibility index (Phi) is 7.59. The van der Waals surface area contributed by atoms with Gasteiger partial charge in [-0.15, -0.1) is 0 Å². The molecule has 1 aliphatic carbocycles. The van der Waals surface area contributed by atoms with Crippen LogP contribution in [0.5, 0.6) is 0 Å². The van der Waals surface area contributed by atoms with E-state index in [4.69, 9.17) is 0 Å². The lowest BCUT2D eigenvalue weighted by Gasteiger charge is -2.08. The quantitative estimate of drug-likeness (QED) is 0.574. The van der Waals surface area contributed by atoms with E-state index in [1.807, 2.05) is 14.1 Å². The van der Waals surface area contributed by atoms with Crippen LogP contribution in [-0.4, -0.2) is 14.1 Å². The molecule has 0 aliphatic heterocycles. The minimum atomic E-state index is 1.28. The van der Waals surface area contributed by atoms with Crippen LogP contribution in [0.25, 0.3) is 0 Å². The van der Waals surface area contributed by atoms with Gasteiger partial charge in [-0.3, -0.25) is 0 Å². The molecule has 0 aromatic rings. The predicted octanol–water partition coefficient (Wildman–Crippen LogP) is 2.73. The van der Waals surface area contributed by atoms with Gasteiger partial charge in [-0.05, 0) is 46.2 Å². The lowest BCUT2D eigenvalue weighted by atomic mass is 9.98. The van der Waals surface area contributed by atoms with E-state index in [9.17, 15) is 0 Å². The first-order chi connectivity index (χ1) is 5.35. The first kappa shape index (κ1) is 10.7. The highest BCUT2D eigenvalue weighted by atomic mass is 14.7. The van der Waals surface area contributed by atoms with Crippen molar-refractivity contribution in [1.29, 1.82) is 0 Å². The maximum absolute atomic E-state index is 2.75. The monoisotopic (exact) mass is 155 g/mol. The van der Waals surface area contributed by atoms with Crippen molar-refractivity contribution in [3.63, 3.8) is 0 Å². The van der Waals surface area contributed by atoms with Gasteiger partial charge < -0.3 is 5.32 Å². The Morgan fingerprint density at radius 3 is 2.27 bits per heavy atom. The fraction of sp³-hybridized carbons (Fsp3) is 0.800. The van der Waals surface area contributed by atoms with Crippen LogP contribution in [0.1, 0.15) is 39.0 Å². The lowest BCUT2D eigenvalue weighted by molar-refractivity contribution is 0.684. The number of nitrogens with one attached hydrogen (secondary N) is 1. The zero-order valence-corrected chi connectivity index (χ0v) is 8.11. The van der Waals surface area contributed by atoms with Gasteiger partial charge in [0.2, 0.25) is 0 Å². The van der Waals surface area contributed by atoms with Crippen LogP contribution >= 0.6 is 0 Å². The first-order valence-corrected chi connectivity index (χ1v) is 4.61. The standard InChI is InChI=1S/C8H14.C2H7N/c1-2-8-6-4-3-5-7-8;1-3-2/h6H,2-5,7H2,1H3;3H,1-2H3. The van der Waals surface area contributed by atoms with Crippen molar-refractivity contribution >= 4 is 0 Å². The molecule has 11 heavy (non-hydrogen) atoms. The van der Waals surface area contributed by atoms with Crippen molar-refractivity contribution in [3.05, 3.63) is 11.6 Å². The molecule has 0 atom stereocenters. The van der Waals surface area contributed by atoms with Crippen molar-refractivity contribution in [2.45, 2.75) is 39.0 Å². The van der Waals surface area contributed by atoms with E-state index >= 15 is 0 Å². The third kappa shape index (κ3) is 6.11. The summed E-state index contributed by atoms with van der Waals surface area (Å²) in [6, 6.07) is 0. The van der Waals surface area contributed by atoms with Gasteiger partial charge in [-0.1, -0.05) is 18.6 Å². The summed E-state index contributed by atoms with van der Waals surface area (Å²) in [4.78, 5) is 0. The normalized spacial score (nSPS) is 16.5. The second-order valence-corrected chi connectivity index (χ2v) is 2.96. The summed E-state index contributed by atoms with van der Waals surface area (Å²) >= 11 is 0. The van der Waals surface area contributed by atoms with Gasteiger partial charge in [0, 0.05) is 0 Å². The third-order valence-electron chi connectivity index (χ3n) is 1.84. The summed E-state index contributed by atoms with van der Waals surface area (Å²) in [5, 5.41) is 2.75. The van der Waals surface area contributed by atoms with Crippen LogP contribution in [0.2, 0.25) is 0 Å². The largest absolute Gasteiger partial charge is 0.323 e. The zero-order chi connectivity index (χ0) is 8.53. The minimum absolute atomic E-state index is 1.28. The Morgan fingerprint density at radius 2 is 2.00 bits per heavy atom. The van der Waals surface area contributed by atoms with Crippen molar-refractivity contribution in [2.75, 3.05) is 14.1 Å². The fourth-order valence-electron chi connectivity index (χ4n) is 1.23. The highest BCUT2D eigenvalue weighted by molar-refractivity contribution is 5.03. The van der Waals surface area contributed by atoms with Gasteiger partial charge >= 0.3 is 0 Å². The molecule has 0 saturated heterocycles. The Bertz CT molecular complexity index is 105. The average molecular weight is 155 g/mol. The average Bonchev–Trinajstić information content (AvgIpc) is 2.08. The van der Waals surface area contributed by atoms with Crippen LogP contribution in [0, 0.1) is 0 Å². The molecule has 0 heterocycles. The van der Waals surface area contributed by atoms with Crippen LogP contribution < -0.4 is 5.32 Å². The van der Waals surface area contributed by atoms with Gasteiger partial charge in [0.1, 0.15) is 0 Å². The van der Waals surface area contributed by atoms with Gasteiger partial charge in [0.25, 0.3) is 0 Å². The summed E-state index contributed by atoms with van der Waals surface area (Å²) in [6.07, 6.45) is 9.24. The third-order valence-corrected chi connectivity index (χ3v) is 1.84. The van der Waals surface area contributed by atoms with E-state index in [-0.39, 0.29) is 0 Å². The van der Waals surface area contributed by atoms with Crippen molar-refractivity contribution in [3.8, 4) is 0 Å². The minimum Gasteiger partial charge on any atom is -0.323 e. The molecule has 1 heteroatoms. The van der Waals surface area contributed by atoms with Crippen molar-refractivity contribution < 1.29 is 0 Å². The summed E-state index contributed by atoms with van der Waals surface area (Å²) in [5.74, 6) is 0. The highest BCUT2D eigenvalue weighted by Crippen LogP contribution is 2.18. The molecule has 0 spiro atoms. The predicted molar refractivity (Wildman–Crippen MR) is 51.8 cm³/mol. The van der Waals surface area contributed by atoms with Gasteiger partial charge in [0.05, 0.1) is 0 Å². The molecule has 0 radical (unpaired) electrons. The van der Waals surface area contributed by atoms with Crippen molar-refractivity contribution in [2.24, 2.45) is 0 Å². The second-order valence-electron chi connectivity index (χ2n) is 2.96. The molecule has 1 nitrogen and oxygen atoms in total. The Balaban J connectivity index is 0.000000292. The van der Waals surface area contributed by atoms with Gasteiger partial charge in [0.15, 0.2) is 0 Å². The van der Waals surface area contributed by atoms with Crippen LogP contribution in [-0.2, 0) is 0 Å². The Hall–Kier alpha value is -0.300. The maximum atomic E-state index is 2.75. The van der Waals surface area contributed by atoms with E-state index < -0.39 is 0 Å². The smallest absolute Gasteiger partial charge is 0.0167 e. The molecular weight excluding hydrogens is 134 g/mol. The van der Waals surface area contributed by atoms with E-state index in [1.165, 1.54) is 32.1 Å². The number of allylic oxidation sites excluding steroid dienone is 2. The van der Waals surface area contributed by atoms with Crippen molar-refractivity contribution in [1.82, 2.24) is 5.32 Å². The molecule has 0 fully saturated rings. The molecule has 0 amide bonds.